The molecule has 2 atom stereocenters. The van der Waals surface area contributed by atoms with Crippen LogP contribution in [0.4, 0.5) is 4.79 Å². The van der Waals surface area contributed by atoms with E-state index in [2.05, 4.69) is 19.1 Å². The standard InChI is InChI=1S/C28H53NO5/c1-8-9-10-11-12-13-14-15-16-17-18-19-20-21-25(32-23-31-7)24-22-33-28(5,6)29(24)26(30)34-27(2,3)4/h20-21,24-25H,8-19,22-23H2,1-7H3/b21-20+/t24-,25+/m0/s1. The first-order chi connectivity index (χ1) is 16.1. The molecule has 0 radical (unpaired) electrons. The Labute approximate surface area is 209 Å². The maximum atomic E-state index is 13.0. The molecular formula is C28H53NO5. The molecule has 0 aromatic heterocycles. The monoisotopic (exact) mass is 483 g/mol. The summed E-state index contributed by atoms with van der Waals surface area (Å²) >= 11 is 0. The summed E-state index contributed by atoms with van der Waals surface area (Å²) < 4.78 is 22.7. The molecule has 200 valence electrons. The van der Waals surface area contributed by atoms with Crippen molar-refractivity contribution < 1.29 is 23.7 Å². The summed E-state index contributed by atoms with van der Waals surface area (Å²) in [7, 11) is 1.60. The van der Waals surface area contributed by atoms with Crippen LogP contribution in [0.3, 0.4) is 0 Å². The number of hydrogen-bond donors (Lipinski definition) is 0. The van der Waals surface area contributed by atoms with E-state index in [1.807, 2.05) is 34.6 Å². The summed E-state index contributed by atoms with van der Waals surface area (Å²) in [5.41, 5.74) is -1.33. The molecule has 1 fully saturated rings. The topological polar surface area (TPSA) is 57.2 Å². The highest BCUT2D eigenvalue weighted by Crippen LogP contribution is 2.32. The Morgan fingerprint density at radius 2 is 1.59 bits per heavy atom. The molecule has 0 saturated carbocycles. The lowest BCUT2D eigenvalue weighted by atomic mass is 10.0. The third-order valence-corrected chi connectivity index (χ3v) is 6.17. The van der Waals surface area contributed by atoms with E-state index in [1.54, 1.807) is 12.0 Å². The maximum Gasteiger partial charge on any atom is 0.413 e. The zero-order chi connectivity index (χ0) is 25.5. The molecule has 0 spiro atoms. The van der Waals surface area contributed by atoms with Crippen LogP contribution in [0.2, 0.25) is 0 Å². The van der Waals surface area contributed by atoms with Crippen LogP contribution in [0.5, 0.6) is 0 Å². The Kier molecular flexibility index (Phi) is 15.0. The first-order valence-corrected chi connectivity index (χ1v) is 13.6. The van der Waals surface area contributed by atoms with Crippen molar-refractivity contribution in [3.05, 3.63) is 12.2 Å². The summed E-state index contributed by atoms with van der Waals surface area (Å²) in [6, 6.07) is -0.270. The second-order valence-electron chi connectivity index (χ2n) is 11.0. The van der Waals surface area contributed by atoms with E-state index in [1.165, 1.54) is 70.6 Å². The molecule has 34 heavy (non-hydrogen) atoms. The number of allylic oxidation sites excluding steroid dienone is 1. The molecule has 0 aromatic carbocycles. The molecular weight excluding hydrogens is 430 g/mol. The summed E-state index contributed by atoms with van der Waals surface area (Å²) in [6.07, 6.45) is 19.3. The van der Waals surface area contributed by atoms with Gasteiger partial charge in [0.2, 0.25) is 0 Å². The fourth-order valence-corrected chi connectivity index (χ4v) is 4.34. The van der Waals surface area contributed by atoms with Gasteiger partial charge in [-0.2, -0.15) is 0 Å². The van der Waals surface area contributed by atoms with Gasteiger partial charge in [-0.3, -0.25) is 4.90 Å². The van der Waals surface area contributed by atoms with E-state index in [4.69, 9.17) is 18.9 Å². The molecule has 1 saturated heterocycles. The van der Waals surface area contributed by atoms with Crippen molar-refractivity contribution in [3.8, 4) is 0 Å². The van der Waals surface area contributed by atoms with Crippen LogP contribution in [0.25, 0.3) is 0 Å². The van der Waals surface area contributed by atoms with E-state index in [0.29, 0.717) is 6.61 Å². The number of carbonyl (C=O) groups is 1. The highest BCUT2D eigenvalue weighted by Gasteiger charge is 2.48. The van der Waals surface area contributed by atoms with Crippen molar-refractivity contribution >= 4 is 6.09 Å². The Morgan fingerprint density at radius 1 is 1.03 bits per heavy atom. The molecule has 0 aliphatic carbocycles. The van der Waals surface area contributed by atoms with Crippen LogP contribution in [0.15, 0.2) is 12.2 Å². The summed E-state index contributed by atoms with van der Waals surface area (Å²) in [5, 5.41) is 0. The number of nitrogens with zero attached hydrogens (tertiary/aromatic N) is 1. The Bertz CT molecular complexity index is 570. The maximum absolute atomic E-state index is 13.0. The van der Waals surface area contributed by atoms with Gasteiger partial charge in [0.25, 0.3) is 0 Å². The van der Waals surface area contributed by atoms with Crippen molar-refractivity contribution in [2.45, 2.75) is 142 Å². The van der Waals surface area contributed by atoms with Gasteiger partial charge >= 0.3 is 6.09 Å². The quantitative estimate of drug-likeness (QED) is 0.121. The van der Waals surface area contributed by atoms with Crippen LogP contribution < -0.4 is 0 Å². The molecule has 0 unspecified atom stereocenters. The average Bonchev–Trinajstić information content (AvgIpc) is 3.07. The minimum Gasteiger partial charge on any atom is -0.444 e. The fourth-order valence-electron chi connectivity index (χ4n) is 4.34. The van der Waals surface area contributed by atoms with Gasteiger partial charge in [0, 0.05) is 7.11 Å². The average molecular weight is 484 g/mol. The molecule has 6 heteroatoms. The molecule has 1 aliphatic heterocycles. The van der Waals surface area contributed by atoms with E-state index in [-0.39, 0.29) is 25.0 Å². The normalized spacial score (nSPS) is 19.1. The SMILES string of the molecule is CCCCCCCCCCCCC/C=C/[C@@H](OCOC)[C@@H]1COC(C)(C)N1C(=O)OC(C)(C)C. The number of ether oxygens (including phenoxy) is 4. The van der Waals surface area contributed by atoms with Gasteiger partial charge in [-0.05, 0) is 47.5 Å². The van der Waals surface area contributed by atoms with Crippen LogP contribution >= 0.6 is 0 Å². The highest BCUT2D eigenvalue weighted by atomic mass is 16.7. The number of carbonyl (C=O) groups excluding carboxylic acids is 1. The van der Waals surface area contributed by atoms with Crippen molar-refractivity contribution in [2.75, 3.05) is 20.5 Å². The zero-order valence-electron chi connectivity index (χ0n) is 23.2. The molecule has 0 aromatic rings. The first-order valence-electron chi connectivity index (χ1n) is 13.6. The molecule has 0 N–H and O–H groups in total. The van der Waals surface area contributed by atoms with Crippen molar-refractivity contribution in [3.63, 3.8) is 0 Å². The first kappa shape index (κ1) is 30.9. The predicted octanol–water partition coefficient (Wildman–Crippen LogP) is 7.60. The molecule has 1 rings (SSSR count). The zero-order valence-corrected chi connectivity index (χ0v) is 23.2. The predicted molar refractivity (Wildman–Crippen MR) is 139 cm³/mol. The van der Waals surface area contributed by atoms with Gasteiger partial charge < -0.3 is 18.9 Å². The third-order valence-electron chi connectivity index (χ3n) is 6.17. The Balaban J connectivity index is 2.47. The second kappa shape index (κ2) is 16.5. The van der Waals surface area contributed by atoms with Crippen LogP contribution in [-0.4, -0.2) is 55.0 Å². The number of hydrogen-bond acceptors (Lipinski definition) is 5. The van der Waals surface area contributed by atoms with Crippen molar-refractivity contribution in [2.24, 2.45) is 0 Å². The lowest BCUT2D eigenvalue weighted by molar-refractivity contribution is -0.0904. The van der Waals surface area contributed by atoms with Crippen LogP contribution in [0, 0.1) is 0 Å². The van der Waals surface area contributed by atoms with Crippen LogP contribution in [-0.2, 0) is 18.9 Å². The third kappa shape index (κ3) is 12.6. The number of amides is 1. The van der Waals surface area contributed by atoms with Gasteiger partial charge in [0.05, 0.1) is 12.6 Å². The van der Waals surface area contributed by atoms with Gasteiger partial charge in [-0.1, -0.05) is 83.3 Å². The highest BCUT2D eigenvalue weighted by molar-refractivity contribution is 5.70. The molecule has 0 bridgehead atoms. The smallest absolute Gasteiger partial charge is 0.413 e. The Morgan fingerprint density at radius 3 is 2.12 bits per heavy atom. The van der Waals surface area contributed by atoms with Crippen LogP contribution in [0.1, 0.15) is 119 Å². The Hall–Kier alpha value is -1.11. The lowest BCUT2D eigenvalue weighted by Gasteiger charge is -2.36. The van der Waals surface area contributed by atoms with E-state index < -0.39 is 11.3 Å². The van der Waals surface area contributed by atoms with E-state index in [9.17, 15) is 4.79 Å². The number of unbranched alkanes of at least 4 members (excludes halogenated alkanes) is 11. The van der Waals surface area contributed by atoms with Gasteiger partial charge in [0.15, 0.2) is 0 Å². The molecule has 1 heterocycles. The van der Waals surface area contributed by atoms with Gasteiger partial charge in [-0.15, -0.1) is 0 Å². The van der Waals surface area contributed by atoms with Crippen molar-refractivity contribution in [1.82, 2.24) is 4.90 Å². The lowest BCUT2D eigenvalue weighted by Crippen LogP contribution is -2.53. The minimum absolute atomic E-state index is 0.159. The summed E-state index contributed by atoms with van der Waals surface area (Å²) in [4.78, 5) is 14.6. The summed E-state index contributed by atoms with van der Waals surface area (Å²) in [6.45, 7) is 12.2. The second-order valence-corrected chi connectivity index (χ2v) is 11.0. The van der Waals surface area contributed by atoms with Gasteiger partial charge in [-0.25, -0.2) is 4.79 Å². The largest absolute Gasteiger partial charge is 0.444 e. The molecule has 1 amide bonds. The molecule has 6 nitrogen and oxygen atoms in total. The number of methoxy groups -OCH3 is 1. The minimum atomic E-state index is -0.758. The fraction of sp³-hybridized carbons (Fsp3) is 0.893. The number of rotatable bonds is 17. The van der Waals surface area contributed by atoms with Crippen molar-refractivity contribution in [1.29, 1.82) is 0 Å². The van der Waals surface area contributed by atoms with Gasteiger partial charge in [0.1, 0.15) is 24.2 Å². The van der Waals surface area contributed by atoms with E-state index >= 15 is 0 Å². The molecule has 1 aliphatic rings. The summed E-state index contributed by atoms with van der Waals surface area (Å²) in [5.74, 6) is 0. The van der Waals surface area contributed by atoms with E-state index in [0.717, 1.165) is 6.42 Å².